The van der Waals surface area contributed by atoms with E-state index in [1.807, 2.05) is 0 Å². The molecule has 0 saturated heterocycles. The summed E-state index contributed by atoms with van der Waals surface area (Å²) in [4.78, 5) is 0. The van der Waals surface area contributed by atoms with Crippen molar-refractivity contribution >= 4 is 0 Å². The molecule has 0 aliphatic rings. The van der Waals surface area contributed by atoms with Crippen molar-refractivity contribution in [1.82, 2.24) is 10.6 Å². The van der Waals surface area contributed by atoms with Gasteiger partial charge in [0.15, 0.2) is 0 Å². The molecule has 2 N–H and O–H groups in total. The first-order chi connectivity index (χ1) is 8.38. The van der Waals surface area contributed by atoms with Crippen molar-refractivity contribution in [3.05, 3.63) is 35.9 Å². The zero-order valence-corrected chi connectivity index (χ0v) is 11.2. The van der Waals surface area contributed by atoms with Gasteiger partial charge in [-0.1, -0.05) is 44.2 Å². The van der Waals surface area contributed by atoms with Crippen LogP contribution in [0.25, 0.3) is 0 Å². The molecule has 1 aromatic carbocycles. The molecule has 1 atom stereocenters. The van der Waals surface area contributed by atoms with Crippen LogP contribution >= 0.6 is 0 Å². The van der Waals surface area contributed by atoms with Gasteiger partial charge in [-0.15, -0.1) is 0 Å². The molecule has 0 radical (unpaired) electrons. The lowest BCUT2D eigenvalue weighted by Gasteiger charge is -2.16. The Morgan fingerprint density at radius 1 is 1.00 bits per heavy atom. The summed E-state index contributed by atoms with van der Waals surface area (Å²) in [5.74, 6) is 0.648. The van der Waals surface area contributed by atoms with Gasteiger partial charge in [-0.3, -0.25) is 0 Å². The van der Waals surface area contributed by atoms with E-state index in [9.17, 15) is 0 Å². The number of nitrogens with one attached hydrogen (secondary N) is 2. The summed E-state index contributed by atoms with van der Waals surface area (Å²) >= 11 is 0. The van der Waals surface area contributed by atoms with Gasteiger partial charge in [0.1, 0.15) is 0 Å². The van der Waals surface area contributed by atoms with Gasteiger partial charge < -0.3 is 10.6 Å². The van der Waals surface area contributed by atoms with Crippen LogP contribution in [0.2, 0.25) is 0 Å². The van der Waals surface area contributed by atoms with E-state index in [0.29, 0.717) is 5.92 Å². The second-order valence-electron chi connectivity index (χ2n) is 4.43. The predicted octanol–water partition coefficient (Wildman–Crippen LogP) is 2.77. The van der Waals surface area contributed by atoms with E-state index >= 15 is 0 Å². The van der Waals surface area contributed by atoms with Crippen LogP contribution in [0.15, 0.2) is 30.3 Å². The van der Waals surface area contributed by atoms with Crippen LogP contribution in [0.4, 0.5) is 0 Å². The molecule has 96 valence electrons. The SMILES string of the molecule is CCNCCCNCC(CC)c1ccccc1. The normalized spacial score (nSPS) is 12.6. The molecule has 0 aliphatic carbocycles. The maximum absolute atomic E-state index is 3.55. The molecule has 0 fully saturated rings. The quantitative estimate of drug-likeness (QED) is 0.642. The van der Waals surface area contributed by atoms with Gasteiger partial charge in [-0.2, -0.15) is 0 Å². The van der Waals surface area contributed by atoms with Gasteiger partial charge in [-0.05, 0) is 44.0 Å². The fourth-order valence-corrected chi connectivity index (χ4v) is 2.01. The van der Waals surface area contributed by atoms with Crippen molar-refractivity contribution in [3.8, 4) is 0 Å². The largest absolute Gasteiger partial charge is 0.317 e. The number of hydrogen-bond acceptors (Lipinski definition) is 2. The maximum atomic E-state index is 3.55. The summed E-state index contributed by atoms with van der Waals surface area (Å²) in [5, 5.41) is 6.90. The van der Waals surface area contributed by atoms with Crippen LogP contribution < -0.4 is 10.6 Å². The van der Waals surface area contributed by atoms with Crippen molar-refractivity contribution in [1.29, 1.82) is 0 Å². The average molecular weight is 234 g/mol. The molecule has 17 heavy (non-hydrogen) atoms. The van der Waals surface area contributed by atoms with Crippen LogP contribution in [-0.2, 0) is 0 Å². The van der Waals surface area contributed by atoms with E-state index in [1.54, 1.807) is 0 Å². The third kappa shape index (κ3) is 5.85. The molecule has 2 heteroatoms. The van der Waals surface area contributed by atoms with E-state index in [-0.39, 0.29) is 0 Å². The van der Waals surface area contributed by atoms with Crippen molar-refractivity contribution < 1.29 is 0 Å². The molecule has 1 unspecified atom stereocenters. The van der Waals surface area contributed by atoms with E-state index < -0.39 is 0 Å². The fourth-order valence-electron chi connectivity index (χ4n) is 2.01. The van der Waals surface area contributed by atoms with Crippen LogP contribution in [-0.4, -0.2) is 26.2 Å². The number of benzene rings is 1. The highest BCUT2D eigenvalue weighted by atomic mass is 14.9. The summed E-state index contributed by atoms with van der Waals surface area (Å²) in [7, 11) is 0. The van der Waals surface area contributed by atoms with Gasteiger partial charge in [-0.25, -0.2) is 0 Å². The number of rotatable bonds is 9. The summed E-state index contributed by atoms with van der Waals surface area (Å²) in [6, 6.07) is 10.8. The zero-order chi connectivity index (χ0) is 12.3. The van der Waals surface area contributed by atoms with Crippen molar-refractivity contribution in [2.45, 2.75) is 32.6 Å². The maximum Gasteiger partial charge on any atom is 0.00200 e. The minimum absolute atomic E-state index is 0.648. The zero-order valence-electron chi connectivity index (χ0n) is 11.2. The van der Waals surface area contributed by atoms with Crippen LogP contribution in [0.1, 0.15) is 38.2 Å². The Kier molecular flexibility index (Phi) is 7.69. The van der Waals surface area contributed by atoms with Gasteiger partial charge in [0.05, 0.1) is 0 Å². The Morgan fingerprint density at radius 3 is 2.35 bits per heavy atom. The third-order valence-corrected chi connectivity index (χ3v) is 3.11. The summed E-state index contributed by atoms with van der Waals surface area (Å²) < 4.78 is 0. The van der Waals surface area contributed by atoms with Gasteiger partial charge in [0.2, 0.25) is 0 Å². The van der Waals surface area contributed by atoms with Gasteiger partial charge in [0, 0.05) is 6.54 Å². The van der Waals surface area contributed by atoms with E-state index in [0.717, 1.165) is 26.2 Å². The average Bonchev–Trinajstić information content (AvgIpc) is 2.39. The standard InChI is InChI=1S/C15H26N2/c1-3-14(15-9-6-5-7-10-15)13-17-12-8-11-16-4-2/h5-7,9-10,14,16-17H,3-4,8,11-13H2,1-2H3. The molecule has 0 spiro atoms. The van der Waals surface area contributed by atoms with E-state index in [1.165, 1.54) is 18.4 Å². The topological polar surface area (TPSA) is 24.1 Å². The molecule has 0 aromatic heterocycles. The minimum Gasteiger partial charge on any atom is -0.317 e. The van der Waals surface area contributed by atoms with Crippen molar-refractivity contribution in [2.75, 3.05) is 26.2 Å². The van der Waals surface area contributed by atoms with E-state index in [4.69, 9.17) is 0 Å². The van der Waals surface area contributed by atoms with Crippen LogP contribution in [0.5, 0.6) is 0 Å². The molecular weight excluding hydrogens is 208 g/mol. The smallest absolute Gasteiger partial charge is 0.00200 e. The Bertz CT molecular complexity index is 272. The summed E-state index contributed by atoms with van der Waals surface area (Å²) in [6.07, 6.45) is 2.41. The molecule has 0 heterocycles. The van der Waals surface area contributed by atoms with Crippen LogP contribution in [0, 0.1) is 0 Å². The van der Waals surface area contributed by atoms with E-state index in [2.05, 4.69) is 54.8 Å². The summed E-state index contributed by atoms with van der Waals surface area (Å²) in [5.41, 5.74) is 1.45. The van der Waals surface area contributed by atoms with Crippen molar-refractivity contribution in [3.63, 3.8) is 0 Å². The molecule has 0 amide bonds. The second kappa shape index (κ2) is 9.20. The molecular formula is C15H26N2. The van der Waals surface area contributed by atoms with Crippen molar-refractivity contribution in [2.24, 2.45) is 0 Å². The summed E-state index contributed by atoms with van der Waals surface area (Å²) in [6.45, 7) is 8.80. The Balaban J connectivity index is 2.20. The lowest BCUT2D eigenvalue weighted by molar-refractivity contribution is 0.547. The molecule has 2 nitrogen and oxygen atoms in total. The van der Waals surface area contributed by atoms with Crippen LogP contribution in [0.3, 0.4) is 0 Å². The first-order valence-electron chi connectivity index (χ1n) is 6.84. The molecule has 0 saturated carbocycles. The monoisotopic (exact) mass is 234 g/mol. The number of hydrogen-bond donors (Lipinski definition) is 2. The first kappa shape index (κ1) is 14.2. The highest BCUT2D eigenvalue weighted by molar-refractivity contribution is 5.19. The molecule has 0 bridgehead atoms. The Hall–Kier alpha value is -0.860. The van der Waals surface area contributed by atoms with Gasteiger partial charge in [0.25, 0.3) is 0 Å². The lowest BCUT2D eigenvalue weighted by atomic mass is 9.96. The molecule has 1 aromatic rings. The molecule has 1 rings (SSSR count). The lowest BCUT2D eigenvalue weighted by Crippen LogP contribution is -2.25. The predicted molar refractivity (Wildman–Crippen MR) is 75.5 cm³/mol. The molecule has 0 aliphatic heterocycles. The Morgan fingerprint density at radius 2 is 1.71 bits per heavy atom. The second-order valence-corrected chi connectivity index (χ2v) is 4.43. The Labute approximate surface area is 106 Å². The third-order valence-electron chi connectivity index (χ3n) is 3.11. The fraction of sp³-hybridized carbons (Fsp3) is 0.600. The van der Waals surface area contributed by atoms with Gasteiger partial charge >= 0.3 is 0 Å². The minimum atomic E-state index is 0.648. The highest BCUT2D eigenvalue weighted by Crippen LogP contribution is 2.17. The first-order valence-corrected chi connectivity index (χ1v) is 6.84. The highest BCUT2D eigenvalue weighted by Gasteiger charge is 2.07.